The van der Waals surface area contributed by atoms with Crippen molar-refractivity contribution in [3.8, 4) is 0 Å². The van der Waals surface area contributed by atoms with Gasteiger partial charge in [0, 0.05) is 12.7 Å². The monoisotopic (exact) mass is 306 g/mol. The molecule has 0 saturated carbocycles. The van der Waals surface area contributed by atoms with Crippen LogP contribution >= 0.6 is 0 Å². The normalized spacial score (nSPS) is 14.3. The average Bonchev–Trinajstić information content (AvgIpc) is 2.44. The molecule has 1 aromatic heterocycles. The van der Waals surface area contributed by atoms with Crippen molar-refractivity contribution in [2.24, 2.45) is 0 Å². The van der Waals surface area contributed by atoms with E-state index in [1.807, 2.05) is 20.8 Å². The Balaban J connectivity index is 2.09. The van der Waals surface area contributed by atoms with Gasteiger partial charge in [0.25, 0.3) is 0 Å². The third kappa shape index (κ3) is 3.96. The van der Waals surface area contributed by atoms with Crippen molar-refractivity contribution in [1.82, 2.24) is 9.88 Å². The van der Waals surface area contributed by atoms with E-state index in [9.17, 15) is 9.59 Å². The Morgan fingerprint density at radius 3 is 2.73 bits per heavy atom. The summed E-state index contributed by atoms with van der Waals surface area (Å²) < 4.78 is 10.3. The summed E-state index contributed by atoms with van der Waals surface area (Å²) in [5.74, 6) is -0.368. The number of carbonyl (C=O) groups excluding carboxylic acids is 2. The van der Waals surface area contributed by atoms with E-state index in [1.165, 1.54) is 6.20 Å². The molecule has 0 aromatic carbocycles. The maximum atomic E-state index is 12.1. The minimum absolute atomic E-state index is 0.336. The van der Waals surface area contributed by atoms with E-state index < -0.39 is 5.60 Å². The van der Waals surface area contributed by atoms with Gasteiger partial charge >= 0.3 is 12.1 Å². The van der Waals surface area contributed by atoms with Gasteiger partial charge in [-0.05, 0) is 45.7 Å². The fraction of sp³-hybridized carbons (Fsp3) is 0.562. The summed E-state index contributed by atoms with van der Waals surface area (Å²) >= 11 is 0. The first-order valence-corrected chi connectivity index (χ1v) is 7.43. The summed E-state index contributed by atoms with van der Waals surface area (Å²) in [5, 5.41) is 0. The quantitative estimate of drug-likeness (QED) is 0.785. The van der Waals surface area contributed by atoms with Crippen LogP contribution in [0.3, 0.4) is 0 Å². The zero-order valence-corrected chi connectivity index (χ0v) is 13.5. The summed E-state index contributed by atoms with van der Waals surface area (Å²) in [6, 6.07) is 1.80. The van der Waals surface area contributed by atoms with Crippen LogP contribution < -0.4 is 0 Å². The second kappa shape index (κ2) is 6.34. The van der Waals surface area contributed by atoms with Gasteiger partial charge in [-0.3, -0.25) is 4.98 Å². The van der Waals surface area contributed by atoms with Crippen LogP contribution in [0.1, 0.15) is 49.3 Å². The average molecular weight is 306 g/mol. The first-order valence-electron chi connectivity index (χ1n) is 7.43. The van der Waals surface area contributed by atoms with Gasteiger partial charge in [-0.25, -0.2) is 9.59 Å². The molecular weight excluding hydrogens is 284 g/mol. The number of nitrogens with zero attached hydrogens (tertiary/aromatic N) is 2. The number of aromatic nitrogens is 1. The van der Waals surface area contributed by atoms with E-state index >= 15 is 0 Å². The smallest absolute Gasteiger partial charge is 0.410 e. The van der Waals surface area contributed by atoms with Crippen molar-refractivity contribution in [2.45, 2.75) is 46.3 Å². The lowest BCUT2D eigenvalue weighted by molar-refractivity contribution is 0.0220. The maximum absolute atomic E-state index is 12.1. The third-order valence-electron chi connectivity index (χ3n) is 3.21. The number of hydrogen-bond donors (Lipinski definition) is 0. The molecule has 1 aliphatic rings. The summed E-state index contributed by atoms with van der Waals surface area (Å²) in [5.41, 5.74) is 1.71. The van der Waals surface area contributed by atoms with Gasteiger partial charge in [-0.15, -0.1) is 0 Å². The molecule has 1 amide bonds. The molecule has 0 unspecified atom stereocenters. The molecule has 0 aliphatic carbocycles. The highest BCUT2D eigenvalue weighted by Crippen LogP contribution is 2.20. The minimum atomic E-state index is -0.515. The molecule has 0 spiro atoms. The topological polar surface area (TPSA) is 68.7 Å². The number of ether oxygens (including phenoxy) is 2. The summed E-state index contributed by atoms with van der Waals surface area (Å²) in [7, 11) is 0. The van der Waals surface area contributed by atoms with E-state index in [-0.39, 0.29) is 12.1 Å². The molecular formula is C16H22N2O4. The largest absolute Gasteiger partial charge is 0.462 e. The zero-order chi connectivity index (χ0) is 16.3. The number of fused-ring (bicyclic) bond motifs is 1. The molecule has 1 aliphatic heterocycles. The van der Waals surface area contributed by atoms with Gasteiger partial charge < -0.3 is 14.4 Å². The summed E-state index contributed by atoms with van der Waals surface area (Å²) in [4.78, 5) is 29.7. The third-order valence-corrected chi connectivity index (χ3v) is 3.21. The highest BCUT2D eigenvalue weighted by molar-refractivity contribution is 5.89. The molecule has 0 radical (unpaired) electrons. The lowest BCUT2D eigenvalue weighted by Crippen LogP contribution is -2.40. The molecule has 22 heavy (non-hydrogen) atoms. The van der Waals surface area contributed by atoms with Gasteiger partial charge in [0.05, 0.1) is 24.4 Å². The van der Waals surface area contributed by atoms with Crippen LogP contribution in [-0.2, 0) is 22.4 Å². The van der Waals surface area contributed by atoms with Crippen LogP contribution in [0.25, 0.3) is 0 Å². The highest BCUT2D eigenvalue weighted by atomic mass is 16.6. The number of pyridine rings is 1. The second-order valence-corrected chi connectivity index (χ2v) is 6.20. The first kappa shape index (κ1) is 16.3. The maximum Gasteiger partial charge on any atom is 0.410 e. The van der Waals surface area contributed by atoms with Gasteiger partial charge in [-0.1, -0.05) is 0 Å². The highest BCUT2D eigenvalue weighted by Gasteiger charge is 2.26. The lowest BCUT2D eigenvalue weighted by atomic mass is 10.0. The Morgan fingerprint density at radius 1 is 1.36 bits per heavy atom. The van der Waals surface area contributed by atoms with Gasteiger partial charge in [-0.2, -0.15) is 0 Å². The standard InChI is InChI=1S/C16H22N2O4/c1-5-21-14(19)12-8-11-6-7-18(10-13(11)17-9-12)15(20)22-16(2,3)4/h8-9H,5-7,10H2,1-4H3. The van der Waals surface area contributed by atoms with Crippen molar-refractivity contribution in [3.63, 3.8) is 0 Å². The van der Waals surface area contributed by atoms with E-state index in [1.54, 1.807) is 17.9 Å². The molecule has 2 heterocycles. The fourth-order valence-corrected chi connectivity index (χ4v) is 2.22. The molecule has 0 fully saturated rings. The molecule has 120 valence electrons. The Hall–Kier alpha value is -2.11. The predicted octanol–water partition coefficient (Wildman–Crippen LogP) is 2.55. The van der Waals surface area contributed by atoms with E-state index in [0.29, 0.717) is 31.7 Å². The zero-order valence-electron chi connectivity index (χ0n) is 13.5. The molecule has 6 heteroatoms. The fourth-order valence-electron chi connectivity index (χ4n) is 2.22. The number of rotatable bonds is 2. The van der Waals surface area contributed by atoms with Crippen LogP contribution in [0.2, 0.25) is 0 Å². The van der Waals surface area contributed by atoms with E-state index in [2.05, 4.69) is 4.98 Å². The van der Waals surface area contributed by atoms with Crippen LogP contribution in [0.15, 0.2) is 12.3 Å². The molecule has 1 aromatic rings. The van der Waals surface area contributed by atoms with Crippen molar-refractivity contribution < 1.29 is 19.1 Å². The number of amides is 1. The van der Waals surface area contributed by atoms with Crippen LogP contribution in [-0.4, -0.2) is 40.7 Å². The Morgan fingerprint density at radius 2 is 2.09 bits per heavy atom. The van der Waals surface area contributed by atoms with Gasteiger partial charge in [0.2, 0.25) is 0 Å². The molecule has 0 bridgehead atoms. The first-order chi connectivity index (χ1) is 10.3. The summed E-state index contributed by atoms with van der Waals surface area (Å²) in [6.45, 7) is 8.57. The molecule has 0 N–H and O–H groups in total. The van der Waals surface area contributed by atoms with Gasteiger partial charge in [0.1, 0.15) is 5.60 Å². The van der Waals surface area contributed by atoms with Crippen molar-refractivity contribution in [1.29, 1.82) is 0 Å². The summed E-state index contributed by atoms with van der Waals surface area (Å²) in [6.07, 6.45) is 1.80. The van der Waals surface area contributed by atoms with Crippen molar-refractivity contribution in [3.05, 3.63) is 29.1 Å². The number of esters is 1. The van der Waals surface area contributed by atoms with Gasteiger partial charge in [0.15, 0.2) is 0 Å². The lowest BCUT2D eigenvalue weighted by Gasteiger charge is -2.30. The van der Waals surface area contributed by atoms with Crippen molar-refractivity contribution in [2.75, 3.05) is 13.2 Å². The molecule has 6 nitrogen and oxygen atoms in total. The Bertz CT molecular complexity index is 578. The van der Waals surface area contributed by atoms with Crippen molar-refractivity contribution >= 4 is 12.1 Å². The number of carbonyl (C=O) groups is 2. The Kier molecular flexibility index (Phi) is 4.68. The SMILES string of the molecule is CCOC(=O)c1cnc2c(c1)CCN(C(=O)OC(C)(C)C)C2. The minimum Gasteiger partial charge on any atom is -0.462 e. The van der Waals surface area contributed by atoms with Crippen LogP contribution in [0.4, 0.5) is 4.79 Å². The van der Waals surface area contributed by atoms with Crippen LogP contribution in [0.5, 0.6) is 0 Å². The number of hydrogen-bond acceptors (Lipinski definition) is 5. The van der Waals surface area contributed by atoms with E-state index in [4.69, 9.17) is 9.47 Å². The second-order valence-electron chi connectivity index (χ2n) is 6.20. The Labute approximate surface area is 130 Å². The predicted molar refractivity (Wildman–Crippen MR) is 80.5 cm³/mol. The van der Waals surface area contributed by atoms with Crippen LogP contribution in [0, 0.1) is 0 Å². The molecule has 0 atom stereocenters. The van der Waals surface area contributed by atoms with E-state index in [0.717, 1.165) is 11.3 Å². The molecule has 2 rings (SSSR count). The molecule has 0 saturated heterocycles.